The standard InChI is InChI=1S/C17H20ClF3N2O2/c1-4-23(10-15(24)22-11(2)3)16(25)8-6-12-5-7-14(18)13(9-12)17(19,20)21/h5-9,11H,4,10H2,1-3H3,(H,22,24). The summed E-state index contributed by atoms with van der Waals surface area (Å²) < 4.78 is 38.5. The summed E-state index contributed by atoms with van der Waals surface area (Å²) in [5, 5.41) is 2.26. The lowest BCUT2D eigenvalue weighted by Gasteiger charge is -2.19. The van der Waals surface area contributed by atoms with Crippen molar-refractivity contribution < 1.29 is 22.8 Å². The summed E-state index contributed by atoms with van der Waals surface area (Å²) in [6, 6.07) is 3.32. The summed E-state index contributed by atoms with van der Waals surface area (Å²) in [7, 11) is 0. The van der Waals surface area contributed by atoms with Gasteiger partial charge in [0.05, 0.1) is 17.1 Å². The van der Waals surface area contributed by atoms with Crippen molar-refractivity contribution in [3.8, 4) is 0 Å². The van der Waals surface area contributed by atoms with E-state index >= 15 is 0 Å². The lowest BCUT2D eigenvalue weighted by atomic mass is 10.1. The molecule has 0 fully saturated rings. The number of halogens is 4. The van der Waals surface area contributed by atoms with Gasteiger partial charge in [0, 0.05) is 18.7 Å². The highest BCUT2D eigenvalue weighted by Gasteiger charge is 2.33. The second-order valence-corrected chi connectivity index (χ2v) is 6.05. The fourth-order valence-electron chi connectivity index (χ4n) is 2.02. The van der Waals surface area contributed by atoms with E-state index in [4.69, 9.17) is 11.6 Å². The van der Waals surface area contributed by atoms with Gasteiger partial charge in [-0.2, -0.15) is 13.2 Å². The molecule has 138 valence electrons. The van der Waals surface area contributed by atoms with Crippen molar-refractivity contribution in [3.05, 3.63) is 40.4 Å². The van der Waals surface area contributed by atoms with Crippen LogP contribution in [0.1, 0.15) is 31.9 Å². The summed E-state index contributed by atoms with van der Waals surface area (Å²) in [4.78, 5) is 25.1. The van der Waals surface area contributed by atoms with Crippen molar-refractivity contribution in [2.24, 2.45) is 0 Å². The Morgan fingerprint density at radius 3 is 2.48 bits per heavy atom. The molecular formula is C17H20ClF3N2O2. The van der Waals surface area contributed by atoms with Crippen molar-refractivity contribution in [1.82, 2.24) is 10.2 Å². The van der Waals surface area contributed by atoms with E-state index < -0.39 is 22.7 Å². The van der Waals surface area contributed by atoms with Crippen molar-refractivity contribution in [2.75, 3.05) is 13.1 Å². The van der Waals surface area contributed by atoms with Gasteiger partial charge in [0.1, 0.15) is 0 Å². The Labute approximate surface area is 149 Å². The molecule has 1 aromatic rings. The first-order valence-electron chi connectivity index (χ1n) is 7.67. The summed E-state index contributed by atoms with van der Waals surface area (Å²) in [6.07, 6.45) is -2.18. The molecule has 4 nitrogen and oxygen atoms in total. The second kappa shape index (κ2) is 8.89. The van der Waals surface area contributed by atoms with Crippen LogP contribution in [0.4, 0.5) is 13.2 Å². The number of hydrogen-bond acceptors (Lipinski definition) is 2. The molecule has 8 heteroatoms. The minimum Gasteiger partial charge on any atom is -0.352 e. The van der Waals surface area contributed by atoms with Crippen molar-refractivity contribution in [1.29, 1.82) is 0 Å². The van der Waals surface area contributed by atoms with Crippen LogP contribution in [-0.2, 0) is 15.8 Å². The SMILES string of the molecule is CCN(CC(=O)NC(C)C)C(=O)C=Cc1ccc(Cl)c(C(F)(F)F)c1. The molecule has 0 saturated carbocycles. The Bertz CT molecular complexity index is 658. The van der Waals surface area contributed by atoms with Gasteiger partial charge in [0.2, 0.25) is 11.8 Å². The first-order chi connectivity index (χ1) is 11.5. The van der Waals surface area contributed by atoms with Crippen LogP contribution in [0.25, 0.3) is 6.08 Å². The molecule has 25 heavy (non-hydrogen) atoms. The molecule has 0 bridgehead atoms. The average molecular weight is 377 g/mol. The molecule has 0 heterocycles. The Kier molecular flexibility index (Phi) is 7.48. The molecule has 0 aliphatic rings. The van der Waals surface area contributed by atoms with E-state index in [0.717, 1.165) is 18.2 Å². The average Bonchev–Trinajstić information content (AvgIpc) is 2.49. The van der Waals surface area contributed by atoms with Gasteiger partial charge in [-0.05, 0) is 44.5 Å². The Hall–Kier alpha value is -2.02. The van der Waals surface area contributed by atoms with Crippen molar-refractivity contribution >= 4 is 29.5 Å². The molecule has 0 aromatic heterocycles. The number of alkyl halides is 3. The van der Waals surface area contributed by atoms with Gasteiger partial charge in [-0.3, -0.25) is 9.59 Å². The lowest BCUT2D eigenvalue weighted by molar-refractivity contribution is -0.137. The highest BCUT2D eigenvalue weighted by molar-refractivity contribution is 6.31. The largest absolute Gasteiger partial charge is 0.417 e. The summed E-state index contributed by atoms with van der Waals surface area (Å²) in [6.45, 7) is 5.48. The van der Waals surface area contributed by atoms with E-state index in [1.807, 2.05) is 0 Å². The molecule has 0 aliphatic heterocycles. The summed E-state index contributed by atoms with van der Waals surface area (Å²) in [5.41, 5.74) is -0.778. The fourth-order valence-corrected chi connectivity index (χ4v) is 2.25. The lowest BCUT2D eigenvalue weighted by Crippen LogP contribution is -2.42. The molecule has 0 aliphatic carbocycles. The molecule has 2 amide bonds. The van der Waals surface area contributed by atoms with Gasteiger partial charge < -0.3 is 10.2 Å². The van der Waals surface area contributed by atoms with E-state index in [1.165, 1.54) is 17.0 Å². The minimum atomic E-state index is -4.57. The molecule has 0 atom stereocenters. The predicted octanol–water partition coefficient (Wildman–Crippen LogP) is 3.75. The third-order valence-electron chi connectivity index (χ3n) is 3.19. The summed E-state index contributed by atoms with van der Waals surface area (Å²) in [5.74, 6) is -0.769. The minimum absolute atomic E-state index is 0.0493. The number of carbonyl (C=O) groups is 2. The number of nitrogens with zero attached hydrogens (tertiary/aromatic N) is 1. The Morgan fingerprint density at radius 2 is 1.96 bits per heavy atom. The van der Waals surface area contributed by atoms with Crippen LogP contribution in [0.3, 0.4) is 0 Å². The maximum Gasteiger partial charge on any atom is 0.417 e. The number of hydrogen-bond donors (Lipinski definition) is 1. The molecule has 0 saturated heterocycles. The van der Waals surface area contributed by atoms with E-state index in [0.29, 0.717) is 6.54 Å². The van der Waals surface area contributed by atoms with Crippen LogP contribution < -0.4 is 5.32 Å². The predicted molar refractivity (Wildman–Crippen MR) is 91.0 cm³/mol. The summed E-state index contributed by atoms with van der Waals surface area (Å²) >= 11 is 5.55. The quantitative estimate of drug-likeness (QED) is 0.769. The highest BCUT2D eigenvalue weighted by atomic mass is 35.5. The van der Waals surface area contributed by atoms with E-state index in [1.54, 1.807) is 20.8 Å². The maximum atomic E-state index is 12.8. The molecular weight excluding hydrogens is 357 g/mol. The Balaban J connectivity index is 2.86. The Morgan fingerprint density at radius 1 is 1.32 bits per heavy atom. The maximum absolute atomic E-state index is 12.8. The second-order valence-electron chi connectivity index (χ2n) is 5.65. The third kappa shape index (κ3) is 6.78. The number of nitrogens with one attached hydrogen (secondary N) is 1. The number of amides is 2. The number of likely N-dealkylation sites (N-methyl/N-ethyl adjacent to an activating group) is 1. The normalized spacial score (nSPS) is 11.8. The fraction of sp³-hybridized carbons (Fsp3) is 0.412. The zero-order valence-corrected chi connectivity index (χ0v) is 14.9. The van der Waals surface area contributed by atoms with Crippen LogP contribution in [0.5, 0.6) is 0 Å². The number of benzene rings is 1. The molecule has 0 spiro atoms. The van der Waals surface area contributed by atoms with Gasteiger partial charge in [-0.15, -0.1) is 0 Å². The van der Waals surface area contributed by atoms with Crippen molar-refractivity contribution in [3.63, 3.8) is 0 Å². The molecule has 1 N–H and O–H groups in total. The highest BCUT2D eigenvalue weighted by Crippen LogP contribution is 2.35. The number of carbonyl (C=O) groups excluding carboxylic acids is 2. The van der Waals surface area contributed by atoms with Gasteiger partial charge in [-0.25, -0.2) is 0 Å². The van der Waals surface area contributed by atoms with E-state index in [2.05, 4.69) is 5.32 Å². The topological polar surface area (TPSA) is 49.4 Å². The zero-order valence-electron chi connectivity index (χ0n) is 14.2. The number of rotatable bonds is 6. The molecule has 1 aromatic carbocycles. The van der Waals surface area contributed by atoms with Gasteiger partial charge >= 0.3 is 6.18 Å². The molecule has 0 unspecified atom stereocenters. The molecule has 0 radical (unpaired) electrons. The van der Waals surface area contributed by atoms with Gasteiger partial charge in [0.15, 0.2) is 0 Å². The van der Waals surface area contributed by atoms with Crippen LogP contribution in [0, 0.1) is 0 Å². The smallest absolute Gasteiger partial charge is 0.352 e. The van der Waals surface area contributed by atoms with Crippen molar-refractivity contribution in [2.45, 2.75) is 33.0 Å². The van der Waals surface area contributed by atoms with E-state index in [-0.39, 0.29) is 24.1 Å². The first kappa shape index (κ1) is 21.0. The van der Waals surface area contributed by atoms with Gasteiger partial charge in [-0.1, -0.05) is 17.7 Å². The van der Waals surface area contributed by atoms with Crippen LogP contribution in [0.15, 0.2) is 24.3 Å². The van der Waals surface area contributed by atoms with E-state index in [9.17, 15) is 22.8 Å². The van der Waals surface area contributed by atoms with Crippen LogP contribution >= 0.6 is 11.6 Å². The first-order valence-corrected chi connectivity index (χ1v) is 8.05. The zero-order chi connectivity index (χ0) is 19.2. The molecule has 1 rings (SSSR count). The van der Waals surface area contributed by atoms with Gasteiger partial charge in [0.25, 0.3) is 0 Å². The third-order valence-corrected chi connectivity index (χ3v) is 3.52. The van der Waals surface area contributed by atoms with Crippen LogP contribution in [-0.4, -0.2) is 35.8 Å². The monoisotopic (exact) mass is 376 g/mol. The van der Waals surface area contributed by atoms with Crippen LogP contribution in [0.2, 0.25) is 5.02 Å².